The minimum absolute atomic E-state index is 0.0173. The number of aliphatic hydroxyl groups is 1. The van der Waals surface area contributed by atoms with Crippen molar-refractivity contribution < 1.29 is 19.1 Å². The summed E-state index contributed by atoms with van der Waals surface area (Å²) in [5.41, 5.74) is 4.47. The molecule has 1 aliphatic heterocycles. The van der Waals surface area contributed by atoms with E-state index in [0.29, 0.717) is 11.3 Å². The van der Waals surface area contributed by atoms with Crippen LogP contribution in [-0.4, -0.2) is 29.9 Å². The first-order valence-electron chi connectivity index (χ1n) is 11.7. The van der Waals surface area contributed by atoms with E-state index in [1.807, 2.05) is 56.3 Å². The fraction of sp³-hybridized carbons (Fsp3) is 0.241. The lowest BCUT2D eigenvalue weighted by atomic mass is 9.94. The van der Waals surface area contributed by atoms with Gasteiger partial charge in [0.15, 0.2) is 0 Å². The number of benzene rings is 3. The number of Topliss-reactive ketones (excluding diaryl/α,β-unsaturated/α-hetero) is 1. The number of halogens is 1. The third-order valence-corrected chi connectivity index (χ3v) is 6.38. The van der Waals surface area contributed by atoms with Gasteiger partial charge in [-0.2, -0.15) is 0 Å². The number of hydrogen-bond donors (Lipinski definition) is 1. The molecule has 0 bridgehead atoms. The maximum Gasteiger partial charge on any atom is 0.300 e. The minimum atomic E-state index is -0.827. The zero-order valence-electron chi connectivity index (χ0n) is 20.4. The average Bonchev–Trinajstić information content (AvgIpc) is 3.10. The van der Waals surface area contributed by atoms with Crippen LogP contribution in [0.1, 0.15) is 42.1 Å². The Morgan fingerprint density at radius 1 is 0.914 bits per heavy atom. The van der Waals surface area contributed by atoms with Crippen LogP contribution in [0, 0.1) is 19.7 Å². The first-order valence-corrected chi connectivity index (χ1v) is 11.7. The molecule has 3 aromatic carbocycles. The molecule has 1 saturated heterocycles. The smallest absolute Gasteiger partial charge is 0.300 e. The highest BCUT2D eigenvalue weighted by atomic mass is 19.1. The van der Waals surface area contributed by atoms with E-state index < -0.39 is 23.5 Å². The summed E-state index contributed by atoms with van der Waals surface area (Å²) in [6, 6.07) is 17.8. The van der Waals surface area contributed by atoms with Crippen LogP contribution in [0.4, 0.5) is 15.8 Å². The second kappa shape index (κ2) is 9.74. The van der Waals surface area contributed by atoms with Crippen LogP contribution < -0.4 is 9.80 Å². The standard InChI is InChI=1S/C29H29FN2O3/c1-5-31(6-2)23-13-9-20(10-14-23)26-25(27(33)21-7-11-22(30)12-8-21)28(34)29(35)32(26)24-16-18(3)15-19(4)17-24/h7-17,26,33H,5-6H2,1-4H3/b27-25+. The lowest BCUT2D eigenvalue weighted by Gasteiger charge is -2.27. The molecule has 0 saturated carbocycles. The van der Waals surface area contributed by atoms with Gasteiger partial charge in [-0.05, 0) is 92.9 Å². The Labute approximate surface area is 205 Å². The second-order valence-corrected chi connectivity index (χ2v) is 8.79. The number of hydrogen-bond acceptors (Lipinski definition) is 4. The van der Waals surface area contributed by atoms with Crippen molar-refractivity contribution in [2.24, 2.45) is 0 Å². The van der Waals surface area contributed by atoms with Gasteiger partial charge in [-0.15, -0.1) is 0 Å². The molecule has 3 aromatic rings. The Hall–Kier alpha value is -3.93. The molecular weight excluding hydrogens is 443 g/mol. The molecule has 1 heterocycles. The number of rotatable bonds is 6. The number of aryl methyl sites for hydroxylation is 2. The molecule has 1 aliphatic rings. The van der Waals surface area contributed by atoms with Crippen molar-refractivity contribution in [1.82, 2.24) is 0 Å². The summed E-state index contributed by atoms with van der Waals surface area (Å²) in [7, 11) is 0. The summed E-state index contributed by atoms with van der Waals surface area (Å²) >= 11 is 0. The molecule has 1 atom stereocenters. The number of anilines is 2. The molecule has 1 N–H and O–H groups in total. The van der Waals surface area contributed by atoms with Crippen molar-refractivity contribution in [2.45, 2.75) is 33.7 Å². The molecule has 0 spiro atoms. The molecule has 0 aromatic heterocycles. The van der Waals surface area contributed by atoms with E-state index in [4.69, 9.17) is 0 Å². The topological polar surface area (TPSA) is 60.9 Å². The van der Waals surface area contributed by atoms with Crippen molar-refractivity contribution >= 4 is 28.8 Å². The van der Waals surface area contributed by atoms with Crippen LogP contribution in [0.25, 0.3) is 5.76 Å². The van der Waals surface area contributed by atoms with E-state index in [9.17, 15) is 19.1 Å². The zero-order valence-corrected chi connectivity index (χ0v) is 20.4. The molecule has 1 unspecified atom stereocenters. The summed E-state index contributed by atoms with van der Waals surface area (Å²) in [6.45, 7) is 9.71. The van der Waals surface area contributed by atoms with Crippen molar-refractivity contribution in [1.29, 1.82) is 0 Å². The van der Waals surface area contributed by atoms with Gasteiger partial charge in [0.2, 0.25) is 0 Å². The fourth-order valence-electron chi connectivity index (χ4n) is 4.72. The molecule has 6 heteroatoms. The minimum Gasteiger partial charge on any atom is -0.507 e. The van der Waals surface area contributed by atoms with Gasteiger partial charge in [0, 0.05) is 30.0 Å². The van der Waals surface area contributed by atoms with Crippen molar-refractivity contribution in [3.63, 3.8) is 0 Å². The fourth-order valence-corrected chi connectivity index (χ4v) is 4.72. The van der Waals surface area contributed by atoms with E-state index in [2.05, 4.69) is 18.7 Å². The maximum atomic E-state index is 13.5. The van der Waals surface area contributed by atoms with Crippen molar-refractivity contribution in [2.75, 3.05) is 22.9 Å². The van der Waals surface area contributed by atoms with Gasteiger partial charge in [-0.25, -0.2) is 4.39 Å². The molecule has 35 heavy (non-hydrogen) atoms. The number of carbonyl (C=O) groups excluding carboxylic acids is 2. The Bertz CT molecular complexity index is 1270. The molecule has 180 valence electrons. The number of ketones is 1. The molecule has 0 aliphatic carbocycles. The van der Waals surface area contributed by atoms with Gasteiger partial charge in [-0.3, -0.25) is 14.5 Å². The Kier molecular flexibility index (Phi) is 6.74. The van der Waals surface area contributed by atoms with Crippen LogP contribution in [-0.2, 0) is 9.59 Å². The summed E-state index contributed by atoms with van der Waals surface area (Å²) in [4.78, 5) is 30.3. The van der Waals surface area contributed by atoms with Gasteiger partial charge < -0.3 is 10.0 Å². The van der Waals surface area contributed by atoms with Crippen LogP contribution in [0.5, 0.6) is 0 Å². The van der Waals surface area contributed by atoms with Crippen LogP contribution in [0.3, 0.4) is 0 Å². The zero-order chi connectivity index (χ0) is 25.3. The molecule has 1 fully saturated rings. The van der Waals surface area contributed by atoms with Gasteiger partial charge >= 0.3 is 0 Å². The summed E-state index contributed by atoms with van der Waals surface area (Å²) in [5, 5.41) is 11.2. The van der Waals surface area contributed by atoms with E-state index in [1.54, 1.807) is 0 Å². The van der Waals surface area contributed by atoms with E-state index in [0.717, 1.165) is 29.9 Å². The third-order valence-electron chi connectivity index (χ3n) is 6.38. The predicted octanol–water partition coefficient (Wildman–Crippen LogP) is 5.92. The number of nitrogens with zero attached hydrogens (tertiary/aromatic N) is 2. The molecule has 4 rings (SSSR count). The molecular formula is C29H29FN2O3. The SMILES string of the molecule is CCN(CC)c1ccc(C2/C(=C(\O)c3ccc(F)cc3)C(=O)C(=O)N2c2cc(C)cc(C)c2)cc1. The van der Waals surface area contributed by atoms with Crippen LogP contribution >= 0.6 is 0 Å². The monoisotopic (exact) mass is 472 g/mol. The number of aliphatic hydroxyl groups excluding tert-OH is 1. The highest BCUT2D eigenvalue weighted by Gasteiger charge is 2.47. The predicted molar refractivity (Wildman–Crippen MR) is 137 cm³/mol. The summed E-state index contributed by atoms with van der Waals surface area (Å²) in [6.07, 6.45) is 0. The largest absolute Gasteiger partial charge is 0.507 e. The molecule has 0 radical (unpaired) electrons. The van der Waals surface area contributed by atoms with Crippen LogP contribution in [0.2, 0.25) is 0 Å². The lowest BCUT2D eigenvalue weighted by Crippen LogP contribution is -2.29. The van der Waals surface area contributed by atoms with Gasteiger partial charge in [0.25, 0.3) is 11.7 Å². The Morgan fingerprint density at radius 3 is 2.03 bits per heavy atom. The second-order valence-electron chi connectivity index (χ2n) is 8.79. The number of amides is 1. The van der Waals surface area contributed by atoms with Gasteiger partial charge in [-0.1, -0.05) is 18.2 Å². The third kappa shape index (κ3) is 4.56. The quantitative estimate of drug-likeness (QED) is 0.275. The Balaban J connectivity index is 1.91. The maximum absolute atomic E-state index is 13.5. The molecule has 5 nitrogen and oxygen atoms in total. The molecule has 1 amide bonds. The number of carbonyl (C=O) groups is 2. The van der Waals surface area contributed by atoms with Crippen molar-refractivity contribution in [3.05, 3.63) is 100 Å². The Morgan fingerprint density at radius 2 is 1.49 bits per heavy atom. The van der Waals surface area contributed by atoms with Gasteiger partial charge in [0.1, 0.15) is 11.6 Å². The average molecular weight is 473 g/mol. The summed E-state index contributed by atoms with van der Waals surface area (Å²) in [5.74, 6) is -2.27. The highest BCUT2D eigenvalue weighted by molar-refractivity contribution is 6.51. The normalized spacial score (nSPS) is 17.2. The first kappa shape index (κ1) is 24.2. The van der Waals surface area contributed by atoms with Crippen molar-refractivity contribution in [3.8, 4) is 0 Å². The van der Waals surface area contributed by atoms with E-state index in [1.165, 1.54) is 29.2 Å². The van der Waals surface area contributed by atoms with E-state index in [-0.39, 0.29) is 16.9 Å². The van der Waals surface area contributed by atoms with Crippen LogP contribution in [0.15, 0.2) is 72.3 Å². The highest BCUT2D eigenvalue weighted by Crippen LogP contribution is 2.43. The summed E-state index contributed by atoms with van der Waals surface area (Å²) < 4.78 is 13.5. The first-order chi connectivity index (χ1) is 16.7. The van der Waals surface area contributed by atoms with E-state index >= 15 is 0 Å². The lowest BCUT2D eigenvalue weighted by molar-refractivity contribution is -0.132. The van der Waals surface area contributed by atoms with Gasteiger partial charge in [0.05, 0.1) is 11.6 Å².